The van der Waals surface area contributed by atoms with E-state index in [0.717, 1.165) is 61.7 Å². The Hall–Kier alpha value is -8.54. The van der Waals surface area contributed by atoms with Crippen molar-refractivity contribution in [3.63, 3.8) is 0 Å². The molecule has 9 aromatic carbocycles. The lowest BCUT2D eigenvalue weighted by Gasteiger charge is -2.14. The second-order valence-electron chi connectivity index (χ2n) is 17.7. The molecule has 0 unspecified atom stereocenters. The van der Waals surface area contributed by atoms with E-state index in [1.165, 1.54) is 65.5 Å². The zero-order valence-electron chi connectivity index (χ0n) is 36.9. The average molecular weight is 846 g/mol. The first-order valence-corrected chi connectivity index (χ1v) is 22.7. The van der Waals surface area contributed by atoms with E-state index in [1.54, 1.807) is 0 Å². The van der Waals surface area contributed by atoms with Gasteiger partial charge in [-0.3, -0.25) is 0 Å². The van der Waals surface area contributed by atoms with Gasteiger partial charge in [0.15, 0.2) is 5.82 Å². The van der Waals surface area contributed by atoms with Gasteiger partial charge in [-0.2, -0.15) is 0 Å². The van der Waals surface area contributed by atoms with Gasteiger partial charge in [0.2, 0.25) is 0 Å². The van der Waals surface area contributed by atoms with Gasteiger partial charge in [0.05, 0.1) is 44.5 Å². The topological polar surface area (TPSA) is 40.6 Å². The van der Waals surface area contributed by atoms with Crippen LogP contribution < -0.4 is 0 Å². The van der Waals surface area contributed by atoms with Gasteiger partial charge in [0, 0.05) is 66.1 Å². The maximum Gasteiger partial charge on any atom is 0.160 e. The molecule has 0 aliphatic rings. The highest BCUT2D eigenvalue weighted by Crippen LogP contribution is 2.41. The summed E-state index contributed by atoms with van der Waals surface area (Å²) in [5.74, 6) is 0.709. The van der Waals surface area contributed by atoms with E-state index in [4.69, 9.17) is 9.97 Å². The summed E-state index contributed by atoms with van der Waals surface area (Å²) in [4.78, 5) is 10.3. The molecule has 66 heavy (non-hydrogen) atoms. The van der Waals surface area contributed by atoms with Crippen LogP contribution in [0.4, 0.5) is 0 Å². The summed E-state index contributed by atoms with van der Waals surface area (Å²) in [5.41, 5.74) is 19.0. The number of hydrogen-bond donors (Lipinski definition) is 0. The molecular formula is C61H43N5. The molecule has 4 heterocycles. The molecule has 5 heteroatoms. The highest BCUT2D eigenvalue weighted by atomic mass is 15.0. The van der Waals surface area contributed by atoms with Gasteiger partial charge in [0.25, 0.3) is 0 Å². The quantitative estimate of drug-likeness (QED) is 0.167. The Bertz CT molecular complexity index is 3840. The Labute approximate surface area is 382 Å². The summed E-state index contributed by atoms with van der Waals surface area (Å²) in [5, 5.41) is 7.43. The highest BCUT2D eigenvalue weighted by molar-refractivity contribution is 6.14. The molecule has 0 aliphatic heterocycles. The Morgan fingerprint density at radius 2 is 0.712 bits per heavy atom. The van der Waals surface area contributed by atoms with Crippen LogP contribution in [0.1, 0.15) is 16.7 Å². The average Bonchev–Trinajstić information content (AvgIpc) is 3.99. The molecule has 0 saturated heterocycles. The van der Waals surface area contributed by atoms with Crippen molar-refractivity contribution in [1.82, 2.24) is 23.7 Å². The third-order valence-electron chi connectivity index (χ3n) is 13.5. The van der Waals surface area contributed by atoms with E-state index >= 15 is 0 Å². The summed E-state index contributed by atoms with van der Waals surface area (Å²) in [7, 11) is 0. The lowest BCUT2D eigenvalue weighted by molar-refractivity contribution is 1.15. The van der Waals surface area contributed by atoms with Gasteiger partial charge in [-0.05, 0) is 117 Å². The molecule has 13 aromatic rings. The molecule has 0 atom stereocenters. The van der Waals surface area contributed by atoms with Gasteiger partial charge in [-0.25, -0.2) is 9.97 Å². The number of hydrogen-bond acceptors (Lipinski definition) is 2. The number of aryl methyl sites for hydroxylation is 3. The number of nitrogens with zero attached hydrogens (tertiary/aromatic N) is 5. The molecule has 0 spiro atoms. The summed E-state index contributed by atoms with van der Waals surface area (Å²) in [6.45, 7) is 6.55. The molecule has 0 N–H and O–H groups in total. The monoisotopic (exact) mass is 845 g/mol. The van der Waals surface area contributed by atoms with Crippen LogP contribution in [0.15, 0.2) is 206 Å². The number of benzene rings is 9. The maximum absolute atomic E-state index is 5.19. The van der Waals surface area contributed by atoms with Gasteiger partial charge in [0.1, 0.15) is 0 Å². The molecule has 4 aromatic heterocycles. The third-order valence-corrected chi connectivity index (χ3v) is 13.5. The van der Waals surface area contributed by atoms with E-state index in [9.17, 15) is 0 Å². The van der Waals surface area contributed by atoms with Crippen LogP contribution in [-0.4, -0.2) is 23.7 Å². The SMILES string of the molecule is Cc1ccc2c(c1)c1ccccc1n2-c1ccc2c(c1)c1cc(-n3c4ccccc4c4cc(C)ccc43)ccc1n2-c1ccc(-c2cc(-c3ccccc3)nc(-c3ccccc3)n2)c(C)c1. The molecule has 13 rings (SSSR count). The molecular weight excluding hydrogens is 803 g/mol. The second kappa shape index (κ2) is 14.8. The van der Waals surface area contributed by atoms with Gasteiger partial charge in [-0.15, -0.1) is 0 Å². The molecule has 312 valence electrons. The summed E-state index contributed by atoms with van der Waals surface area (Å²) in [6, 6.07) is 74.8. The zero-order valence-corrected chi connectivity index (χ0v) is 36.9. The van der Waals surface area contributed by atoms with Crippen LogP contribution in [0.5, 0.6) is 0 Å². The van der Waals surface area contributed by atoms with Gasteiger partial charge >= 0.3 is 0 Å². The Morgan fingerprint density at radius 1 is 0.303 bits per heavy atom. The number of aromatic nitrogens is 5. The first kappa shape index (κ1) is 38.0. The van der Waals surface area contributed by atoms with E-state index < -0.39 is 0 Å². The van der Waals surface area contributed by atoms with Crippen molar-refractivity contribution in [1.29, 1.82) is 0 Å². The standard InChI is InChI=1S/C61H43N5/c1-38-22-28-57-49(32-38)47-18-10-12-20-55(47)65(57)44-25-30-59-51(35-44)52-36-45(66-56-21-13-11-19-48(56)50-33-39(2)23-29-58(50)66)26-31-60(52)64(59)43-24-27-46(40(3)34-43)54-37-53(41-14-6-4-7-15-41)62-61(63-54)42-16-8-5-9-17-42/h4-37H,1-3H3. The van der Waals surface area contributed by atoms with Crippen LogP contribution in [0.2, 0.25) is 0 Å². The van der Waals surface area contributed by atoms with Gasteiger partial charge < -0.3 is 13.7 Å². The largest absolute Gasteiger partial charge is 0.309 e. The predicted molar refractivity (Wildman–Crippen MR) is 276 cm³/mol. The molecule has 0 saturated carbocycles. The molecule has 5 nitrogen and oxygen atoms in total. The number of fused-ring (bicyclic) bond motifs is 9. The van der Waals surface area contributed by atoms with Crippen molar-refractivity contribution in [2.75, 3.05) is 0 Å². The van der Waals surface area contributed by atoms with E-state index in [0.29, 0.717) is 5.82 Å². The minimum atomic E-state index is 0.709. The second-order valence-corrected chi connectivity index (χ2v) is 17.7. The maximum atomic E-state index is 5.19. The van der Waals surface area contributed by atoms with Crippen molar-refractivity contribution >= 4 is 65.4 Å². The molecule has 0 bridgehead atoms. The number of rotatable bonds is 6. The Balaban J connectivity index is 1.04. The Morgan fingerprint density at radius 3 is 1.24 bits per heavy atom. The van der Waals surface area contributed by atoms with Crippen LogP contribution in [0, 0.1) is 20.8 Å². The normalized spacial score (nSPS) is 11.9. The summed E-state index contributed by atoms with van der Waals surface area (Å²) >= 11 is 0. The molecule has 0 fully saturated rings. The van der Waals surface area contributed by atoms with Crippen molar-refractivity contribution in [3.8, 4) is 51.0 Å². The summed E-state index contributed by atoms with van der Waals surface area (Å²) in [6.07, 6.45) is 0. The predicted octanol–water partition coefficient (Wildman–Crippen LogP) is 15.7. The first-order valence-electron chi connectivity index (χ1n) is 22.7. The van der Waals surface area contributed by atoms with Crippen molar-refractivity contribution in [2.24, 2.45) is 0 Å². The van der Waals surface area contributed by atoms with E-state index in [2.05, 4.69) is 216 Å². The highest BCUT2D eigenvalue weighted by Gasteiger charge is 2.20. The smallest absolute Gasteiger partial charge is 0.160 e. The minimum absolute atomic E-state index is 0.709. The summed E-state index contributed by atoms with van der Waals surface area (Å²) < 4.78 is 7.30. The molecule has 0 radical (unpaired) electrons. The minimum Gasteiger partial charge on any atom is -0.309 e. The van der Waals surface area contributed by atoms with Gasteiger partial charge in [-0.1, -0.05) is 126 Å². The van der Waals surface area contributed by atoms with E-state index in [-0.39, 0.29) is 0 Å². The number of para-hydroxylation sites is 2. The van der Waals surface area contributed by atoms with E-state index in [1.807, 2.05) is 24.3 Å². The fourth-order valence-corrected chi connectivity index (χ4v) is 10.4. The van der Waals surface area contributed by atoms with Crippen LogP contribution in [0.25, 0.3) is 116 Å². The Kier molecular flexibility index (Phi) is 8.49. The zero-order chi connectivity index (χ0) is 44.0. The fourth-order valence-electron chi connectivity index (χ4n) is 10.4. The van der Waals surface area contributed by atoms with Crippen LogP contribution in [0.3, 0.4) is 0 Å². The first-order chi connectivity index (χ1) is 32.4. The van der Waals surface area contributed by atoms with Crippen LogP contribution >= 0.6 is 0 Å². The third kappa shape index (κ3) is 5.94. The van der Waals surface area contributed by atoms with Crippen LogP contribution in [-0.2, 0) is 0 Å². The molecule has 0 aliphatic carbocycles. The lowest BCUT2D eigenvalue weighted by Crippen LogP contribution is -1.99. The fraction of sp³-hybridized carbons (Fsp3) is 0.0492. The van der Waals surface area contributed by atoms with Crippen molar-refractivity contribution < 1.29 is 0 Å². The lowest BCUT2D eigenvalue weighted by atomic mass is 10.0. The van der Waals surface area contributed by atoms with Crippen molar-refractivity contribution in [2.45, 2.75) is 20.8 Å². The molecule has 0 amide bonds. The van der Waals surface area contributed by atoms with Crippen molar-refractivity contribution in [3.05, 3.63) is 223 Å².